The van der Waals surface area contributed by atoms with Crippen LogP contribution >= 0.6 is 0 Å². The van der Waals surface area contributed by atoms with Crippen LogP contribution in [0.3, 0.4) is 0 Å². The molecule has 2 nitrogen and oxygen atoms in total. The third-order valence-electron chi connectivity index (χ3n) is 6.67. The molecule has 1 heterocycles. The summed E-state index contributed by atoms with van der Waals surface area (Å²) in [6.07, 6.45) is 31.3. The highest BCUT2D eigenvalue weighted by Crippen LogP contribution is 2.30. The normalized spacial score (nSPS) is 20.5. The third-order valence-corrected chi connectivity index (χ3v) is 6.67. The van der Waals surface area contributed by atoms with E-state index in [9.17, 15) is 0 Å². The van der Waals surface area contributed by atoms with Gasteiger partial charge in [0.2, 0.25) is 0 Å². The van der Waals surface area contributed by atoms with E-state index >= 15 is 0 Å². The highest BCUT2D eigenvalue weighted by Gasteiger charge is 2.22. The standard InChI is InChI=1S/C33H41NO/c1-4-6-7-8-11-26-35-33-20-16-30(17-21-33)27-34-24-22-32(23-25-34)31-18-14-29(15-19-31)13-10-9-12-28(3)5-2/h4-14,16-21,29,32H,1,15,22-27H2,2-3H3/b7-6-,11-8+,12-9-,13-10+,28-5+. The fourth-order valence-electron chi connectivity index (χ4n) is 4.40. The molecular formula is C33H41NO. The molecule has 1 saturated heterocycles. The highest BCUT2D eigenvalue weighted by molar-refractivity contribution is 5.30. The Morgan fingerprint density at radius 1 is 1.06 bits per heavy atom. The maximum Gasteiger partial charge on any atom is 0.119 e. The van der Waals surface area contributed by atoms with Crippen LogP contribution in [0.15, 0.2) is 121 Å². The van der Waals surface area contributed by atoms with Crippen LogP contribution in [0.4, 0.5) is 0 Å². The van der Waals surface area contributed by atoms with E-state index < -0.39 is 0 Å². The number of piperidine rings is 1. The predicted octanol–water partition coefficient (Wildman–Crippen LogP) is 8.16. The van der Waals surface area contributed by atoms with Gasteiger partial charge in [-0.3, -0.25) is 4.90 Å². The van der Waals surface area contributed by atoms with Crippen molar-refractivity contribution >= 4 is 0 Å². The van der Waals surface area contributed by atoms with E-state index in [1.807, 2.05) is 24.3 Å². The average Bonchev–Trinajstić information content (AvgIpc) is 2.90. The lowest BCUT2D eigenvalue weighted by atomic mass is 9.84. The Balaban J connectivity index is 1.37. The summed E-state index contributed by atoms with van der Waals surface area (Å²) in [5.74, 6) is 2.14. The predicted molar refractivity (Wildman–Crippen MR) is 151 cm³/mol. The molecule has 0 N–H and O–H groups in total. The van der Waals surface area contributed by atoms with Gasteiger partial charge in [-0.2, -0.15) is 0 Å². The Hall–Kier alpha value is -3.10. The fourth-order valence-corrected chi connectivity index (χ4v) is 4.40. The van der Waals surface area contributed by atoms with Gasteiger partial charge in [-0.05, 0) is 87.4 Å². The maximum absolute atomic E-state index is 5.78. The first-order chi connectivity index (χ1) is 17.2. The van der Waals surface area contributed by atoms with E-state index in [-0.39, 0.29) is 0 Å². The van der Waals surface area contributed by atoms with Crippen molar-refractivity contribution in [3.05, 3.63) is 127 Å². The zero-order valence-electron chi connectivity index (χ0n) is 21.5. The summed E-state index contributed by atoms with van der Waals surface area (Å²) in [6.45, 7) is 11.8. The van der Waals surface area contributed by atoms with Crippen molar-refractivity contribution < 1.29 is 4.74 Å². The number of likely N-dealkylation sites (tertiary alicyclic amines) is 1. The molecule has 0 saturated carbocycles. The molecular weight excluding hydrogens is 426 g/mol. The molecule has 1 aliphatic heterocycles. The topological polar surface area (TPSA) is 12.5 Å². The van der Waals surface area contributed by atoms with Gasteiger partial charge in [-0.15, -0.1) is 0 Å². The van der Waals surface area contributed by atoms with E-state index in [1.165, 1.54) is 24.0 Å². The number of rotatable bonds is 11. The zero-order chi connectivity index (χ0) is 24.7. The van der Waals surface area contributed by atoms with E-state index in [0.717, 1.165) is 31.8 Å². The quantitative estimate of drug-likeness (QED) is 0.304. The number of hydrogen-bond donors (Lipinski definition) is 0. The lowest BCUT2D eigenvalue weighted by Gasteiger charge is -2.33. The molecule has 0 bridgehead atoms. The highest BCUT2D eigenvalue weighted by atomic mass is 16.5. The van der Waals surface area contributed by atoms with Crippen molar-refractivity contribution in [2.45, 2.75) is 39.7 Å². The first kappa shape index (κ1) is 26.5. The van der Waals surface area contributed by atoms with Gasteiger partial charge < -0.3 is 4.74 Å². The van der Waals surface area contributed by atoms with E-state index in [4.69, 9.17) is 4.74 Å². The van der Waals surface area contributed by atoms with Gasteiger partial charge in [-0.1, -0.05) is 97.2 Å². The van der Waals surface area contributed by atoms with E-state index in [0.29, 0.717) is 18.4 Å². The van der Waals surface area contributed by atoms with E-state index in [1.54, 1.807) is 11.6 Å². The molecule has 184 valence electrons. The Bertz CT molecular complexity index is 992. The molecule has 35 heavy (non-hydrogen) atoms. The van der Waals surface area contributed by atoms with Crippen LogP contribution in [0.2, 0.25) is 0 Å². The van der Waals surface area contributed by atoms with Crippen molar-refractivity contribution in [3.63, 3.8) is 0 Å². The van der Waals surface area contributed by atoms with Crippen LogP contribution < -0.4 is 4.74 Å². The molecule has 0 spiro atoms. The number of hydrogen-bond acceptors (Lipinski definition) is 2. The number of ether oxygens (including phenoxy) is 1. The maximum atomic E-state index is 5.78. The molecule has 0 radical (unpaired) electrons. The number of nitrogens with zero attached hydrogens (tertiary/aromatic N) is 1. The van der Waals surface area contributed by atoms with E-state index in [2.05, 4.69) is 98.2 Å². The van der Waals surface area contributed by atoms with Crippen LogP contribution in [0, 0.1) is 11.8 Å². The summed E-state index contributed by atoms with van der Waals surface area (Å²) >= 11 is 0. The molecule has 1 unspecified atom stereocenters. The van der Waals surface area contributed by atoms with Crippen LogP contribution in [0.1, 0.15) is 38.7 Å². The smallest absolute Gasteiger partial charge is 0.119 e. The Morgan fingerprint density at radius 2 is 1.86 bits per heavy atom. The second-order valence-corrected chi connectivity index (χ2v) is 9.29. The summed E-state index contributed by atoms with van der Waals surface area (Å²) in [4.78, 5) is 2.58. The Morgan fingerprint density at radius 3 is 2.54 bits per heavy atom. The second-order valence-electron chi connectivity index (χ2n) is 9.29. The lowest BCUT2D eigenvalue weighted by Crippen LogP contribution is -2.33. The van der Waals surface area contributed by atoms with Crippen molar-refractivity contribution in [3.8, 4) is 5.75 Å². The van der Waals surface area contributed by atoms with Crippen LogP contribution in [0.25, 0.3) is 0 Å². The van der Waals surface area contributed by atoms with Gasteiger partial charge in [-0.25, -0.2) is 0 Å². The lowest BCUT2D eigenvalue weighted by molar-refractivity contribution is 0.192. The monoisotopic (exact) mass is 467 g/mol. The van der Waals surface area contributed by atoms with Crippen LogP contribution in [-0.2, 0) is 6.54 Å². The molecule has 3 rings (SSSR count). The van der Waals surface area contributed by atoms with Gasteiger partial charge in [0, 0.05) is 6.54 Å². The third kappa shape index (κ3) is 9.58. The van der Waals surface area contributed by atoms with Crippen molar-refractivity contribution in [1.29, 1.82) is 0 Å². The minimum Gasteiger partial charge on any atom is -0.490 e. The van der Waals surface area contributed by atoms with Crippen LogP contribution in [0.5, 0.6) is 5.75 Å². The first-order valence-electron chi connectivity index (χ1n) is 12.9. The second kappa shape index (κ2) is 15.0. The molecule has 0 amide bonds. The summed E-state index contributed by atoms with van der Waals surface area (Å²) in [5.41, 5.74) is 4.20. The number of benzene rings is 1. The molecule has 1 aromatic carbocycles. The first-order valence-corrected chi connectivity index (χ1v) is 12.9. The SMILES string of the molecule is C=C/C=C\C=C\COc1ccc(CN2CCC(C3=CCC(/C=C/C=C\C(C)=C\C)C=C3)CC2)cc1. The zero-order valence-corrected chi connectivity index (χ0v) is 21.5. The minimum absolute atomic E-state index is 0.520. The molecule has 1 aliphatic carbocycles. The summed E-state index contributed by atoms with van der Waals surface area (Å²) in [5, 5.41) is 0. The molecule has 2 aliphatic rings. The minimum atomic E-state index is 0.520. The largest absolute Gasteiger partial charge is 0.490 e. The molecule has 1 aromatic rings. The van der Waals surface area contributed by atoms with Gasteiger partial charge >= 0.3 is 0 Å². The summed E-state index contributed by atoms with van der Waals surface area (Å²) in [6, 6.07) is 8.54. The number of allylic oxidation sites excluding steroid dienone is 14. The molecule has 1 fully saturated rings. The van der Waals surface area contributed by atoms with Gasteiger partial charge in [0.1, 0.15) is 12.4 Å². The molecule has 1 atom stereocenters. The van der Waals surface area contributed by atoms with Crippen LogP contribution in [-0.4, -0.2) is 24.6 Å². The van der Waals surface area contributed by atoms with Gasteiger partial charge in [0.25, 0.3) is 0 Å². The Kier molecular flexibility index (Phi) is 11.4. The fraction of sp³-hybridized carbons (Fsp3) is 0.333. The summed E-state index contributed by atoms with van der Waals surface area (Å²) < 4.78 is 5.78. The van der Waals surface area contributed by atoms with Crippen molar-refractivity contribution in [1.82, 2.24) is 4.90 Å². The molecule has 0 aromatic heterocycles. The van der Waals surface area contributed by atoms with Gasteiger partial charge in [0.05, 0.1) is 0 Å². The van der Waals surface area contributed by atoms with Gasteiger partial charge in [0.15, 0.2) is 0 Å². The average molecular weight is 468 g/mol. The van der Waals surface area contributed by atoms with Crippen molar-refractivity contribution in [2.24, 2.45) is 11.8 Å². The molecule has 2 heteroatoms. The van der Waals surface area contributed by atoms with Crippen molar-refractivity contribution in [2.75, 3.05) is 19.7 Å². The summed E-state index contributed by atoms with van der Waals surface area (Å²) in [7, 11) is 0. The Labute approximate surface area is 213 Å².